The number of aliphatic hydroxyl groups is 1. The van der Waals surface area contributed by atoms with Gasteiger partial charge in [0.05, 0.1) is 6.61 Å². The van der Waals surface area contributed by atoms with Crippen molar-refractivity contribution in [1.29, 1.82) is 0 Å². The van der Waals surface area contributed by atoms with Crippen LogP contribution in [0.5, 0.6) is 0 Å². The summed E-state index contributed by atoms with van der Waals surface area (Å²) in [6, 6.07) is 0.438. The van der Waals surface area contributed by atoms with Gasteiger partial charge in [0.15, 0.2) is 0 Å². The van der Waals surface area contributed by atoms with Gasteiger partial charge < -0.3 is 14.4 Å². The lowest BCUT2D eigenvalue weighted by Crippen LogP contribution is -2.28. The van der Waals surface area contributed by atoms with Crippen molar-refractivity contribution in [3.63, 3.8) is 0 Å². The predicted molar refractivity (Wildman–Crippen MR) is 58.1 cm³/mol. The highest BCUT2D eigenvalue weighted by Crippen LogP contribution is 2.13. The van der Waals surface area contributed by atoms with Crippen molar-refractivity contribution >= 4 is 17.6 Å². The second-order valence-electron chi connectivity index (χ2n) is 3.18. The predicted octanol–water partition coefficient (Wildman–Crippen LogP) is 1.41. The van der Waals surface area contributed by atoms with E-state index in [1.54, 1.807) is 0 Å². The number of nitrogens with zero attached hydrogens (tertiary/aromatic N) is 3. The molecule has 0 radical (unpaired) electrons. The topological polar surface area (TPSA) is 62.4 Å². The van der Waals surface area contributed by atoms with Gasteiger partial charge in [0.25, 0.3) is 0 Å². The van der Waals surface area contributed by atoms with Gasteiger partial charge in [-0.1, -0.05) is 18.4 Å². The summed E-state index contributed by atoms with van der Waals surface area (Å²) in [6.45, 7) is 3.49. The van der Waals surface area contributed by atoms with Crippen LogP contribution >= 0.6 is 11.6 Å². The zero-order valence-corrected chi connectivity index (χ0v) is 9.57. The minimum absolute atomic E-state index is 0.0717. The average molecular weight is 234 g/mol. The van der Waals surface area contributed by atoms with Gasteiger partial charge in [0.1, 0.15) is 5.88 Å². The minimum Gasteiger partial charge on any atom is -0.407 e. The molecule has 6 heteroatoms. The molecule has 0 atom stereocenters. The third-order valence-corrected chi connectivity index (χ3v) is 2.22. The Morgan fingerprint density at radius 1 is 1.40 bits per heavy atom. The van der Waals surface area contributed by atoms with Crippen LogP contribution in [0.3, 0.4) is 0 Å². The molecule has 0 aromatic carbocycles. The van der Waals surface area contributed by atoms with E-state index in [0.717, 1.165) is 19.4 Å². The number of anilines is 1. The number of rotatable bonds is 7. The van der Waals surface area contributed by atoms with Gasteiger partial charge >= 0.3 is 6.01 Å². The highest BCUT2D eigenvalue weighted by molar-refractivity contribution is 6.16. The molecule has 1 aromatic rings. The second-order valence-corrected chi connectivity index (χ2v) is 3.44. The second kappa shape index (κ2) is 6.63. The number of aromatic nitrogens is 2. The van der Waals surface area contributed by atoms with Crippen LogP contribution in [0.4, 0.5) is 6.01 Å². The lowest BCUT2D eigenvalue weighted by Gasteiger charge is -2.17. The monoisotopic (exact) mass is 233 g/mol. The summed E-state index contributed by atoms with van der Waals surface area (Å²) in [5.41, 5.74) is 0. The van der Waals surface area contributed by atoms with Gasteiger partial charge in [-0.2, -0.15) is 0 Å². The SMILES string of the molecule is CCCCN(CCO)c1nnc(CCl)o1. The molecule has 86 valence electrons. The van der Waals surface area contributed by atoms with Crippen molar-refractivity contribution in [1.82, 2.24) is 10.2 Å². The molecule has 0 unspecified atom stereocenters. The van der Waals surface area contributed by atoms with E-state index in [9.17, 15) is 0 Å². The maximum absolute atomic E-state index is 8.90. The van der Waals surface area contributed by atoms with Gasteiger partial charge in [0.2, 0.25) is 5.89 Å². The Bertz CT molecular complexity index is 280. The highest BCUT2D eigenvalue weighted by atomic mass is 35.5. The summed E-state index contributed by atoms with van der Waals surface area (Å²) in [5, 5.41) is 16.6. The average Bonchev–Trinajstić information content (AvgIpc) is 2.72. The van der Waals surface area contributed by atoms with Crippen LogP contribution in [0.1, 0.15) is 25.7 Å². The molecule has 0 fully saturated rings. The van der Waals surface area contributed by atoms with Crippen LogP contribution in [0, 0.1) is 0 Å². The lowest BCUT2D eigenvalue weighted by molar-refractivity contribution is 0.298. The summed E-state index contributed by atoms with van der Waals surface area (Å²) in [6.07, 6.45) is 2.11. The van der Waals surface area contributed by atoms with Crippen molar-refractivity contribution in [3.05, 3.63) is 5.89 Å². The first-order chi connectivity index (χ1) is 7.31. The van der Waals surface area contributed by atoms with Crippen LogP contribution in [-0.4, -0.2) is 35.0 Å². The molecule has 15 heavy (non-hydrogen) atoms. The number of halogens is 1. The number of aliphatic hydroxyl groups excluding tert-OH is 1. The number of hydrogen-bond donors (Lipinski definition) is 1. The normalized spacial score (nSPS) is 10.6. The molecule has 0 aliphatic heterocycles. The Labute approximate surface area is 94.0 Å². The van der Waals surface area contributed by atoms with Crippen LogP contribution in [0.25, 0.3) is 0 Å². The van der Waals surface area contributed by atoms with Gasteiger partial charge in [-0.05, 0) is 6.42 Å². The Morgan fingerprint density at radius 3 is 2.73 bits per heavy atom. The Hall–Kier alpha value is -0.810. The molecule has 0 spiro atoms. The molecule has 0 aliphatic carbocycles. The molecule has 0 amide bonds. The smallest absolute Gasteiger partial charge is 0.318 e. The quantitative estimate of drug-likeness (QED) is 0.722. The highest BCUT2D eigenvalue weighted by Gasteiger charge is 2.12. The largest absolute Gasteiger partial charge is 0.407 e. The third-order valence-electron chi connectivity index (χ3n) is 1.99. The molecule has 1 N–H and O–H groups in total. The number of hydrogen-bond acceptors (Lipinski definition) is 5. The Balaban J connectivity index is 2.60. The fourth-order valence-corrected chi connectivity index (χ4v) is 1.31. The van der Waals surface area contributed by atoms with E-state index in [1.165, 1.54) is 0 Å². The molecule has 1 heterocycles. The van der Waals surface area contributed by atoms with E-state index < -0.39 is 0 Å². The summed E-state index contributed by atoms with van der Waals surface area (Å²) < 4.78 is 5.31. The van der Waals surface area contributed by atoms with Crippen molar-refractivity contribution in [2.45, 2.75) is 25.6 Å². The Kier molecular flexibility index (Phi) is 5.42. The zero-order valence-electron chi connectivity index (χ0n) is 8.82. The molecule has 1 rings (SSSR count). The van der Waals surface area contributed by atoms with Crippen LogP contribution in [0.15, 0.2) is 4.42 Å². The van der Waals surface area contributed by atoms with Gasteiger partial charge in [-0.3, -0.25) is 0 Å². The van der Waals surface area contributed by atoms with Crippen molar-refractivity contribution in [2.75, 3.05) is 24.6 Å². The summed E-state index contributed by atoms with van der Waals surface area (Å²) in [7, 11) is 0. The maximum atomic E-state index is 8.90. The molecule has 0 aliphatic rings. The molecule has 0 bridgehead atoms. The van der Waals surface area contributed by atoms with Crippen LogP contribution in [0.2, 0.25) is 0 Å². The van der Waals surface area contributed by atoms with E-state index >= 15 is 0 Å². The fraction of sp³-hybridized carbons (Fsp3) is 0.778. The summed E-state index contributed by atoms with van der Waals surface area (Å²) >= 11 is 5.56. The van der Waals surface area contributed by atoms with Gasteiger partial charge in [-0.15, -0.1) is 16.7 Å². The Morgan fingerprint density at radius 2 is 2.20 bits per heavy atom. The molecule has 0 saturated carbocycles. The lowest BCUT2D eigenvalue weighted by atomic mass is 10.3. The van der Waals surface area contributed by atoms with Crippen LogP contribution < -0.4 is 4.90 Å². The molecular weight excluding hydrogens is 218 g/mol. The number of unbranched alkanes of at least 4 members (excludes halogenated alkanes) is 1. The first-order valence-corrected chi connectivity index (χ1v) is 5.59. The first kappa shape index (κ1) is 12.3. The van der Waals surface area contributed by atoms with E-state index in [1.807, 2.05) is 4.90 Å². The van der Waals surface area contributed by atoms with Gasteiger partial charge in [-0.25, -0.2) is 0 Å². The standard InChI is InChI=1S/C9H16ClN3O2/c1-2-3-4-13(5-6-14)9-12-11-8(7-10)15-9/h14H,2-7H2,1H3. The van der Waals surface area contributed by atoms with E-state index in [-0.39, 0.29) is 12.5 Å². The molecular formula is C9H16ClN3O2. The maximum Gasteiger partial charge on any atom is 0.318 e. The van der Waals surface area contributed by atoms with E-state index in [0.29, 0.717) is 18.5 Å². The third kappa shape index (κ3) is 3.68. The van der Waals surface area contributed by atoms with E-state index in [4.69, 9.17) is 21.1 Å². The van der Waals surface area contributed by atoms with Crippen molar-refractivity contribution in [3.8, 4) is 0 Å². The molecule has 1 aromatic heterocycles. The van der Waals surface area contributed by atoms with Crippen molar-refractivity contribution in [2.24, 2.45) is 0 Å². The number of alkyl halides is 1. The first-order valence-electron chi connectivity index (χ1n) is 5.06. The minimum atomic E-state index is 0.0717. The van der Waals surface area contributed by atoms with Gasteiger partial charge in [0, 0.05) is 13.1 Å². The molecule has 0 saturated heterocycles. The van der Waals surface area contributed by atoms with Crippen molar-refractivity contribution < 1.29 is 9.52 Å². The van der Waals surface area contributed by atoms with E-state index in [2.05, 4.69) is 17.1 Å². The zero-order chi connectivity index (χ0) is 11.1. The summed E-state index contributed by atoms with van der Waals surface area (Å²) in [4.78, 5) is 1.87. The summed E-state index contributed by atoms with van der Waals surface area (Å²) in [5.74, 6) is 0.624. The van der Waals surface area contributed by atoms with Crippen LogP contribution in [-0.2, 0) is 5.88 Å². The fourth-order valence-electron chi connectivity index (χ4n) is 1.20. The molecule has 5 nitrogen and oxygen atoms in total.